The van der Waals surface area contributed by atoms with Crippen molar-refractivity contribution < 1.29 is 4.79 Å². The van der Waals surface area contributed by atoms with E-state index in [9.17, 15) is 9.59 Å². The van der Waals surface area contributed by atoms with E-state index in [0.717, 1.165) is 17.2 Å². The predicted molar refractivity (Wildman–Crippen MR) is 86.2 cm³/mol. The first-order valence-corrected chi connectivity index (χ1v) is 7.01. The van der Waals surface area contributed by atoms with E-state index >= 15 is 0 Å². The Labute approximate surface area is 132 Å². The van der Waals surface area contributed by atoms with Crippen molar-refractivity contribution in [3.63, 3.8) is 0 Å². The molecule has 0 fully saturated rings. The summed E-state index contributed by atoms with van der Waals surface area (Å²) in [5.41, 5.74) is 1.44. The lowest BCUT2D eigenvalue weighted by Gasteiger charge is -2.07. The fraction of sp³-hybridized carbons (Fsp3) is 0.125. The van der Waals surface area contributed by atoms with Crippen LogP contribution in [0.3, 0.4) is 0 Å². The Balaban J connectivity index is 1.87. The minimum Gasteiger partial charge on any atom is -0.329 e. The average Bonchev–Trinajstić information content (AvgIpc) is 2.87. The normalized spacial score (nSPS) is 10.5. The van der Waals surface area contributed by atoms with Gasteiger partial charge in [-0.15, -0.1) is 10.2 Å². The average molecular weight is 309 g/mol. The van der Waals surface area contributed by atoms with E-state index in [2.05, 4.69) is 20.5 Å². The maximum atomic E-state index is 12.2. The molecule has 1 amide bonds. The van der Waals surface area contributed by atoms with Crippen LogP contribution in [-0.2, 0) is 7.05 Å². The highest BCUT2D eigenvalue weighted by Gasteiger charge is 2.10. The fourth-order valence-electron chi connectivity index (χ4n) is 2.18. The smallest absolute Gasteiger partial charge is 0.255 e. The summed E-state index contributed by atoms with van der Waals surface area (Å²) in [6.45, 7) is 1.87. The highest BCUT2D eigenvalue weighted by atomic mass is 16.2. The van der Waals surface area contributed by atoms with Gasteiger partial charge >= 0.3 is 0 Å². The van der Waals surface area contributed by atoms with Gasteiger partial charge < -0.3 is 14.9 Å². The van der Waals surface area contributed by atoms with E-state index in [1.807, 2.05) is 36.7 Å². The van der Waals surface area contributed by atoms with Crippen molar-refractivity contribution in [2.45, 2.75) is 6.92 Å². The number of carbonyl (C=O) groups excluding carboxylic acids is 1. The first-order chi connectivity index (χ1) is 11.0. The molecule has 0 aliphatic carbocycles. The SMILES string of the molecule is Cc1nnc(-c2cccc(NC(=O)c3cc[nH]c(=O)c3)c2)n1C. The highest BCUT2D eigenvalue weighted by Crippen LogP contribution is 2.21. The quantitative estimate of drug-likeness (QED) is 0.770. The van der Waals surface area contributed by atoms with Crippen molar-refractivity contribution in [2.24, 2.45) is 7.05 Å². The van der Waals surface area contributed by atoms with Crippen LogP contribution in [0.4, 0.5) is 5.69 Å². The van der Waals surface area contributed by atoms with Crippen LogP contribution in [0.5, 0.6) is 0 Å². The molecule has 23 heavy (non-hydrogen) atoms. The summed E-state index contributed by atoms with van der Waals surface area (Å²) in [7, 11) is 1.88. The lowest BCUT2D eigenvalue weighted by molar-refractivity contribution is 0.102. The third-order valence-electron chi connectivity index (χ3n) is 3.51. The van der Waals surface area contributed by atoms with Gasteiger partial charge in [-0.25, -0.2) is 0 Å². The number of anilines is 1. The molecule has 0 aliphatic heterocycles. The zero-order valence-corrected chi connectivity index (χ0v) is 12.7. The lowest BCUT2D eigenvalue weighted by Crippen LogP contribution is -2.15. The minimum atomic E-state index is -0.345. The standard InChI is InChI=1S/C16H15N5O2/c1-10-19-20-15(21(10)2)11-4-3-5-13(8-11)18-16(23)12-6-7-17-14(22)9-12/h3-9H,1-2H3,(H,17,22)(H,18,23). The van der Waals surface area contributed by atoms with Crippen molar-refractivity contribution in [3.05, 3.63) is 64.3 Å². The molecule has 0 unspecified atom stereocenters. The van der Waals surface area contributed by atoms with E-state index < -0.39 is 0 Å². The summed E-state index contributed by atoms with van der Waals surface area (Å²) in [5.74, 6) is 1.18. The predicted octanol–water partition coefficient (Wildman–Crippen LogP) is 1.73. The zero-order valence-electron chi connectivity index (χ0n) is 12.7. The largest absolute Gasteiger partial charge is 0.329 e. The maximum Gasteiger partial charge on any atom is 0.255 e. The third kappa shape index (κ3) is 3.03. The number of H-pyrrole nitrogens is 1. The topological polar surface area (TPSA) is 92.7 Å². The van der Waals surface area contributed by atoms with Crippen LogP contribution < -0.4 is 10.9 Å². The third-order valence-corrected chi connectivity index (χ3v) is 3.51. The number of pyridine rings is 1. The lowest BCUT2D eigenvalue weighted by atomic mass is 10.1. The van der Waals surface area contributed by atoms with Crippen LogP contribution >= 0.6 is 0 Å². The van der Waals surface area contributed by atoms with E-state index in [-0.39, 0.29) is 11.5 Å². The Bertz CT molecular complexity index is 926. The van der Waals surface area contributed by atoms with Gasteiger partial charge in [-0.2, -0.15) is 0 Å². The molecule has 2 N–H and O–H groups in total. The first-order valence-electron chi connectivity index (χ1n) is 7.01. The van der Waals surface area contributed by atoms with E-state index in [1.165, 1.54) is 12.3 Å². The zero-order chi connectivity index (χ0) is 16.4. The monoisotopic (exact) mass is 309 g/mol. The number of aromatic amines is 1. The van der Waals surface area contributed by atoms with Crippen molar-refractivity contribution in [3.8, 4) is 11.4 Å². The van der Waals surface area contributed by atoms with Crippen LogP contribution in [0.1, 0.15) is 16.2 Å². The van der Waals surface area contributed by atoms with Gasteiger partial charge in [0.2, 0.25) is 5.56 Å². The first kappa shape index (κ1) is 14.7. The molecule has 2 aromatic heterocycles. The molecule has 0 spiro atoms. The Morgan fingerprint density at radius 1 is 1.22 bits per heavy atom. The van der Waals surface area contributed by atoms with E-state index in [4.69, 9.17) is 0 Å². The Kier molecular flexibility index (Phi) is 3.76. The van der Waals surface area contributed by atoms with E-state index in [1.54, 1.807) is 12.1 Å². The van der Waals surface area contributed by atoms with Crippen molar-refractivity contribution >= 4 is 11.6 Å². The molecular formula is C16H15N5O2. The Morgan fingerprint density at radius 3 is 2.74 bits per heavy atom. The summed E-state index contributed by atoms with van der Waals surface area (Å²) < 4.78 is 1.87. The molecule has 7 heteroatoms. The number of aromatic nitrogens is 4. The fourth-order valence-corrected chi connectivity index (χ4v) is 2.18. The highest BCUT2D eigenvalue weighted by molar-refractivity contribution is 6.04. The molecule has 0 saturated heterocycles. The van der Waals surface area contributed by atoms with Gasteiger partial charge in [-0.3, -0.25) is 9.59 Å². The molecule has 0 atom stereocenters. The van der Waals surface area contributed by atoms with Gasteiger partial charge in [-0.1, -0.05) is 12.1 Å². The van der Waals surface area contributed by atoms with Crippen molar-refractivity contribution in [1.82, 2.24) is 19.7 Å². The number of carbonyl (C=O) groups is 1. The number of nitrogens with zero attached hydrogens (tertiary/aromatic N) is 3. The molecule has 7 nitrogen and oxygen atoms in total. The van der Waals surface area contributed by atoms with Crippen molar-refractivity contribution in [1.29, 1.82) is 0 Å². The molecule has 3 rings (SSSR count). The summed E-state index contributed by atoms with van der Waals surface area (Å²) >= 11 is 0. The van der Waals surface area contributed by atoms with Crippen LogP contribution in [0.25, 0.3) is 11.4 Å². The summed E-state index contributed by atoms with van der Waals surface area (Å²) in [5, 5.41) is 10.9. The number of rotatable bonds is 3. The summed E-state index contributed by atoms with van der Waals surface area (Å²) in [6.07, 6.45) is 1.44. The van der Waals surface area contributed by atoms with Crippen LogP contribution in [0.2, 0.25) is 0 Å². The Hall–Kier alpha value is -3.22. The second-order valence-corrected chi connectivity index (χ2v) is 5.11. The summed E-state index contributed by atoms with van der Waals surface area (Å²) in [6, 6.07) is 10.1. The van der Waals surface area contributed by atoms with Gasteiger partial charge in [0.1, 0.15) is 5.82 Å². The van der Waals surface area contributed by atoms with Gasteiger partial charge in [0.25, 0.3) is 5.91 Å². The number of aryl methyl sites for hydroxylation is 1. The van der Waals surface area contributed by atoms with Crippen LogP contribution in [0.15, 0.2) is 47.4 Å². The second-order valence-electron chi connectivity index (χ2n) is 5.11. The van der Waals surface area contributed by atoms with Gasteiger partial charge in [0.05, 0.1) is 0 Å². The van der Waals surface area contributed by atoms with Crippen molar-refractivity contribution in [2.75, 3.05) is 5.32 Å². The number of amides is 1. The molecular weight excluding hydrogens is 294 g/mol. The van der Waals surface area contributed by atoms with Crippen LogP contribution in [-0.4, -0.2) is 25.7 Å². The van der Waals surface area contributed by atoms with Gasteiger partial charge in [0, 0.05) is 36.1 Å². The summed E-state index contributed by atoms with van der Waals surface area (Å²) in [4.78, 5) is 25.9. The number of benzene rings is 1. The number of hydrogen-bond acceptors (Lipinski definition) is 4. The molecule has 0 radical (unpaired) electrons. The number of hydrogen-bond donors (Lipinski definition) is 2. The molecule has 2 heterocycles. The van der Waals surface area contributed by atoms with Gasteiger partial charge in [0.15, 0.2) is 5.82 Å². The molecule has 0 saturated carbocycles. The van der Waals surface area contributed by atoms with Gasteiger partial charge in [-0.05, 0) is 25.1 Å². The number of nitrogens with one attached hydrogen (secondary N) is 2. The molecule has 0 bridgehead atoms. The molecule has 1 aromatic carbocycles. The molecule has 0 aliphatic rings. The maximum absolute atomic E-state index is 12.2. The molecule has 116 valence electrons. The van der Waals surface area contributed by atoms with Crippen LogP contribution in [0, 0.1) is 6.92 Å². The minimum absolute atomic E-state index is 0.300. The Morgan fingerprint density at radius 2 is 2.04 bits per heavy atom. The second kappa shape index (κ2) is 5.88. The van der Waals surface area contributed by atoms with E-state index in [0.29, 0.717) is 11.3 Å². The molecule has 3 aromatic rings.